The first-order valence-electron chi connectivity index (χ1n) is 8.80. The molecule has 6 heteroatoms. The molecule has 0 atom stereocenters. The highest BCUT2D eigenvalue weighted by atomic mass is 19.1. The molecular formula is C21H18FN3O2. The average Bonchev–Trinajstić information content (AvgIpc) is 3.07. The Hall–Kier alpha value is -3.28. The van der Waals surface area contributed by atoms with Crippen LogP contribution in [0.25, 0.3) is 10.9 Å². The molecule has 2 heterocycles. The highest BCUT2D eigenvalue weighted by Crippen LogP contribution is 2.30. The van der Waals surface area contributed by atoms with Crippen molar-refractivity contribution in [3.8, 4) is 0 Å². The van der Waals surface area contributed by atoms with Gasteiger partial charge in [0.2, 0.25) is 5.91 Å². The molecule has 1 aliphatic rings. The molecule has 0 spiro atoms. The number of hydrogen-bond donors (Lipinski definition) is 1. The van der Waals surface area contributed by atoms with Gasteiger partial charge in [-0.2, -0.15) is 0 Å². The Morgan fingerprint density at radius 1 is 1.19 bits per heavy atom. The van der Waals surface area contributed by atoms with Gasteiger partial charge in [0.15, 0.2) is 0 Å². The highest BCUT2D eigenvalue weighted by Gasteiger charge is 2.24. The van der Waals surface area contributed by atoms with Crippen LogP contribution in [0.4, 0.5) is 15.8 Å². The first-order chi connectivity index (χ1) is 13.0. The van der Waals surface area contributed by atoms with Crippen molar-refractivity contribution >= 4 is 34.1 Å². The van der Waals surface area contributed by atoms with Crippen LogP contribution in [0.2, 0.25) is 0 Å². The van der Waals surface area contributed by atoms with Crippen molar-refractivity contribution in [2.45, 2.75) is 19.8 Å². The van der Waals surface area contributed by atoms with Gasteiger partial charge in [-0.3, -0.25) is 14.6 Å². The topological polar surface area (TPSA) is 62.3 Å². The summed E-state index contributed by atoms with van der Waals surface area (Å²) < 4.78 is 13.4. The van der Waals surface area contributed by atoms with Gasteiger partial charge in [-0.1, -0.05) is 12.1 Å². The predicted molar refractivity (Wildman–Crippen MR) is 102 cm³/mol. The summed E-state index contributed by atoms with van der Waals surface area (Å²) in [5.74, 6) is -0.622. The maximum absolute atomic E-state index is 13.4. The van der Waals surface area contributed by atoms with Gasteiger partial charge in [-0.25, -0.2) is 4.39 Å². The lowest BCUT2D eigenvalue weighted by molar-refractivity contribution is -0.117. The lowest BCUT2D eigenvalue weighted by Gasteiger charge is -2.20. The Morgan fingerprint density at radius 3 is 2.78 bits per heavy atom. The van der Waals surface area contributed by atoms with Gasteiger partial charge in [-0.05, 0) is 43.7 Å². The normalized spacial score (nSPS) is 14.0. The summed E-state index contributed by atoms with van der Waals surface area (Å²) in [7, 11) is 0. The number of anilines is 2. The molecule has 3 aromatic rings. The second kappa shape index (κ2) is 6.79. The van der Waals surface area contributed by atoms with Crippen LogP contribution in [0.5, 0.6) is 0 Å². The predicted octanol–water partition coefficient (Wildman–Crippen LogP) is 4.06. The Labute approximate surface area is 155 Å². The molecule has 1 aromatic heterocycles. The van der Waals surface area contributed by atoms with Crippen molar-refractivity contribution < 1.29 is 14.0 Å². The number of amides is 2. The average molecular weight is 363 g/mol. The summed E-state index contributed by atoms with van der Waals surface area (Å²) in [6, 6.07) is 13.3. The largest absolute Gasteiger partial charge is 0.320 e. The number of nitrogens with zero attached hydrogens (tertiary/aromatic N) is 2. The minimum absolute atomic E-state index is 0.0577. The quantitative estimate of drug-likeness (QED) is 0.763. The van der Waals surface area contributed by atoms with E-state index >= 15 is 0 Å². The number of aryl methyl sites for hydroxylation is 1. The van der Waals surface area contributed by atoms with E-state index in [2.05, 4.69) is 10.3 Å². The molecule has 0 aliphatic carbocycles. The zero-order valence-corrected chi connectivity index (χ0v) is 14.8. The van der Waals surface area contributed by atoms with Crippen molar-refractivity contribution in [2.24, 2.45) is 0 Å². The van der Waals surface area contributed by atoms with Gasteiger partial charge in [0.1, 0.15) is 5.82 Å². The third-order valence-corrected chi connectivity index (χ3v) is 4.73. The monoisotopic (exact) mass is 363 g/mol. The number of carbonyl (C=O) groups is 2. The standard InChI is InChI=1S/C21H18FN3O2/c1-13-16(11-14-8-9-15(22)12-18(14)23-13)21(27)24-17-5-2-3-6-19(17)25-10-4-7-20(25)26/h2-3,5-6,8-9,11-12H,4,7,10H2,1H3,(H,24,27). The first-order valence-corrected chi connectivity index (χ1v) is 8.80. The molecule has 2 amide bonds. The molecule has 0 bridgehead atoms. The Balaban J connectivity index is 1.67. The van der Waals surface area contributed by atoms with Crippen LogP contribution in [0, 0.1) is 12.7 Å². The van der Waals surface area contributed by atoms with Crippen LogP contribution < -0.4 is 10.2 Å². The van der Waals surface area contributed by atoms with Crippen molar-refractivity contribution in [1.82, 2.24) is 4.98 Å². The van der Waals surface area contributed by atoms with E-state index in [1.54, 1.807) is 30.0 Å². The fourth-order valence-electron chi connectivity index (χ4n) is 3.37. The number of halogens is 1. The number of para-hydroxylation sites is 2. The SMILES string of the molecule is Cc1nc2cc(F)ccc2cc1C(=O)Nc1ccccc1N1CCCC1=O. The summed E-state index contributed by atoms with van der Waals surface area (Å²) in [6.07, 6.45) is 1.33. The molecular weight excluding hydrogens is 345 g/mol. The van der Waals surface area contributed by atoms with Crippen LogP contribution in [-0.4, -0.2) is 23.3 Å². The van der Waals surface area contributed by atoms with Gasteiger partial charge in [0.25, 0.3) is 5.91 Å². The minimum Gasteiger partial charge on any atom is -0.320 e. The summed E-state index contributed by atoms with van der Waals surface area (Å²) in [4.78, 5) is 31.0. The van der Waals surface area contributed by atoms with Crippen molar-refractivity contribution in [3.05, 3.63) is 65.6 Å². The van der Waals surface area contributed by atoms with Gasteiger partial charge >= 0.3 is 0 Å². The number of fused-ring (bicyclic) bond motifs is 1. The summed E-state index contributed by atoms with van der Waals surface area (Å²) in [6.45, 7) is 2.36. The molecule has 0 radical (unpaired) electrons. The van der Waals surface area contributed by atoms with Crippen LogP contribution >= 0.6 is 0 Å². The highest BCUT2D eigenvalue weighted by molar-refractivity contribution is 6.09. The number of aromatic nitrogens is 1. The number of benzene rings is 2. The van der Waals surface area contributed by atoms with E-state index in [0.29, 0.717) is 46.5 Å². The van der Waals surface area contributed by atoms with E-state index in [0.717, 1.165) is 6.42 Å². The van der Waals surface area contributed by atoms with Gasteiger partial charge in [0.05, 0.1) is 28.1 Å². The second-order valence-corrected chi connectivity index (χ2v) is 6.58. The number of nitrogens with one attached hydrogen (secondary N) is 1. The third-order valence-electron chi connectivity index (χ3n) is 4.73. The summed E-state index contributed by atoms with van der Waals surface area (Å²) in [5.41, 5.74) is 2.71. The number of pyridine rings is 1. The van der Waals surface area contributed by atoms with Crippen LogP contribution in [0.3, 0.4) is 0 Å². The van der Waals surface area contributed by atoms with Gasteiger partial charge < -0.3 is 10.2 Å². The van der Waals surface area contributed by atoms with Gasteiger partial charge in [-0.15, -0.1) is 0 Å². The molecule has 1 N–H and O–H groups in total. The third kappa shape index (κ3) is 3.26. The molecule has 2 aromatic carbocycles. The maximum atomic E-state index is 13.4. The lowest BCUT2D eigenvalue weighted by Crippen LogP contribution is -2.25. The first kappa shape index (κ1) is 17.1. The van der Waals surface area contributed by atoms with E-state index in [1.807, 2.05) is 18.2 Å². The van der Waals surface area contributed by atoms with Crippen molar-refractivity contribution in [3.63, 3.8) is 0 Å². The molecule has 1 saturated heterocycles. The molecule has 4 rings (SSSR count). The Bertz CT molecular complexity index is 1060. The molecule has 27 heavy (non-hydrogen) atoms. The van der Waals surface area contributed by atoms with Crippen LogP contribution in [0.15, 0.2) is 48.5 Å². The summed E-state index contributed by atoms with van der Waals surface area (Å²) in [5, 5.41) is 3.58. The molecule has 0 saturated carbocycles. The molecule has 1 aliphatic heterocycles. The van der Waals surface area contributed by atoms with E-state index in [9.17, 15) is 14.0 Å². The van der Waals surface area contributed by atoms with Crippen molar-refractivity contribution in [1.29, 1.82) is 0 Å². The molecule has 5 nitrogen and oxygen atoms in total. The van der Waals surface area contributed by atoms with Crippen LogP contribution in [0.1, 0.15) is 28.9 Å². The fourth-order valence-corrected chi connectivity index (χ4v) is 3.37. The van der Waals surface area contributed by atoms with Crippen molar-refractivity contribution in [2.75, 3.05) is 16.8 Å². The molecule has 0 unspecified atom stereocenters. The van der Waals surface area contributed by atoms with E-state index in [4.69, 9.17) is 0 Å². The molecule has 136 valence electrons. The Kier molecular flexibility index (Phi) is 4.32. The Morgan fingerprint density at radius 2 is 2.00 bits per heavy atom. The van der Waals surface area contributed by atoms with E-state index < -0.39 is 0 Å². The fraction of sp³-hybridized carbons (Fsp3) is 0.190. The smallest absolute Gasteiger partial charge is 0.257 e. The maximum Gasteiger partial charge on any atom is 0.257 e. The van der Waals surface area contributed by atoms with Gasteiger partial charge in [0, 0.05) is 24.4 Å². The van der Waals surface area contributed by atoms with E-state index in [-0.39, 0.29) is 17.6 Å². The number of hydrogen-bond acceptors (Lipinski definition) is 3. The lowest BCUT2D eigenvalue weighted by atomic mass is 10.1. The minimum atomic E-state index is -0.365. The number of carbonyl (C=O) groups excluding carboxylic acids is 2. The molecule has 1 fully saturated rings. The zero-order valence-electron chi connectivity index (χ0n) is 14.8. The second-order valence-electron chi connectivity index (χ2n) is 6.58. The van der Waals surface area contributed by atoms with Crippen LogP contribution in [-0.2, 0) is 4.79 Å². The van der Waals surface area contributed by atoms with E-state index in [1.165, 1.54) is 12.1 Å². The zero-order chi connectivity index (χ0) is 19.0. The summed E-state index contributed by atoms with van der Waals surface area (Å²) >= 11 is 0. The number of rotatable bonds is 3.